The first-order chi connectivity index (χ1) is 18.1. The monoisotopic (exact) mass is 513 g/mol. The lowest BCUT2D eigenvalue weighted by Crippen LogP contribution is -2.42. The second kappa shape index (κ2) is 11.2. The number of ketones is 1. The summed E-state index contributed by atoms with van der Waals surface area (Å²) >= 11 is 6.22. The number of hydrogen-bond donors (Lipinski definition) is 1. The van der Waals surface area contributed by atoms with Crippen molar-refractivity contribution in [3.63, 3.8) is 0 Å². The van der Waals surface area contributed by atoms with E-state index in [0.29, 0.717) is 42.0 Å². The van der Waals surface area contributed by atoms with Crippen molar-refractivity contribution in [1.29, 1.82) is 0 Å². The lowest BCUT2D eigenvalue weighted by Gasteiger charge is -2.18. The van der Waals surface area contributed by atoms with Gasteiger partial charge in [-0.15, -0.1) is 5.10 Å². The van der Waals surface area contributed by atoms with Crippen LogP contribution >= 0.6 is 11.6 Å². The van der Waals surface area contributed by atoms with E-state index in [2.05, 4.69) is 30.8 Å². The van der Waals surface area contributed by atoms with Crippen molar-refractivity contribution in [3.8, 4) is 5.69 Å². The summed E-state index contributed by atoms with van der Waals surface area (Å²) in [6.45, 7) is 0. The molecule has 0 saturated heterocycles. The summed E-state index contributed by atoms with van der Waals surface area (Å²) in [4.78, 5) is 35.0. The summed E-state index contributed by atoms with van der Waals surface area (Å²) < 4.78 is 1.57. The zero-order chi connectivity index (χ0) is 25.6. The van der Waals surface area contributed by atoms with E-state index in [0.717, 1.165) is 22.5 Å². The fourth-order valence-corrected chi connectivity index (χ4v) is 4.51. The van der Waals surface area contributed by atoms with Gasteiger partial charge in [-0.3, -0.25) is 19.6 Å². The van der Waals surface area contributed by atoms with Gasteiger partial charge in [0.1, 0.15) is 6.33 Å². The normalized spacial score (nSPS) is 12.8. The number of hydrogen-bond acceptors (Lipinski definition) is 7. The summed E-state index contributed by atoms with van der Waals surface area (Å²) in [5, 5.41) is 14.9. The van der Waals surface area contributed by atoms with Gasteiger partial charge in [0.05, 0.1) is 28.7 Å². The molecule has 3 heterocycles. The van der Waals surface area contributed by atoms with Gasteiger partial charge in [-0.2, -0.15) is 0 Å². The first-order valence-electron chi connectivity index (χ1n) is 12.0. The number of nitrogens with zero attached hydrogens (tertiary/aromatic N) is 6. The van der Waals surface area contributed by atoms with E-state index in [1.54, 1.807) is 23.0 Å². The molecule has 0 aliphatic carbocycles. The van der Waals surface area contributed by atoms with Gasteiger partial charge >= 0.3 is 0 Å². The van der Waals surface area contributed by atoms with Crippen LogP contribution < -0.4 is 5.32 Å². The number of carbonyl (C=O) groups is 2. The largest absolute Gasteiger partial charge is 0.342 e. The number of aryl methyl sites for hydroxylation is 1. The first-order valence-corrected chi connectivity index (χ1v) is 12.4. The SMILES string of the molecule is O=C(N[C@@H](Cc1ccccc1)C(=O)CCCc1cc(Cl)ccc1-n1cnnn1)c1cnc2c(c1)N=CC2. The number of rotatable bonds is 10. The number of fused-ring (bicyclic) bond motifs is 1. The molecule has 0 bridgehead atoms. The molecular formula is C27H24ClN7O2. The van der Waals surface area contributed by atoms with E-state index < -0.39 is 6.04 Å². The quantitative estimate of drug-likeness (QED) is 0.344. The third-order valence-electron chi connectivity index (χ3n) is 6.21. The highest BCUT2D eigenvalue weighted by Crippen LogP contribution is 2.23. The van der Waals surface area contributed by atoms with Crippen molar-refractivity contribution in [2.75, 3.05) is 0 Å². The number of halogens is 1. The smallest absolute Gasteiger partial charge is 0.253 e. The number of tetrazole rings is 1. The van der Waals surface area contributed by atoms with Crippen molar-refractivity contribution >= 4 is 35.2 Å². The number of pyridine rings is 1. The van der Waals surface area contributed by atoms with Crippen LogP contribution in [0.15, 0.2) is 72.1 Å². The molecule has 5 rings (SSSR count). The minimum Gasteiger partial charge on any atom is -0.342 e. The topological polar surface area (TPSA) is 115 Å². The van der Waals surface area contributed by atoms with Crippen LogP contribution in [0, 0.1) is 0 Å². The molecule has 1 aliphatic rings. The van der Waals surface area contributed by atoms with E-state index in [4.69, 9.17) is 11.6 Å². The molecule has 4 aromatic rings. The van der Waals surface area contributed by atoms with Crippen LogP contribution in [0.5, 0.6) is 0 Å². The molecule has 10 heteroatoms. The van der Waals surface area contributed by atoms with Crippen molar-refractivity contribution in [1.82, 2.24) is 30.5 Å². The zero-order valence-electron chi connectivity index (χ0n) is 19.9. The van der Waals surface area contributed by atoms with Gasteiger partial charge in [-0.25, -0.2) is 4.68 Å². The first kappa shape index (κ1) is 24.5. The molecule has 0 radical (unpaired) electrons. The molecule has 0 fully saturated rings. The molecule has 1 atom stereocenters. The number of amides is 1. The Kier molecular flexibility index (Phi) is 7.41. The van der Waals surface area contributed by atoms with Crippen molar-refractivity contribution in [2.45, 2.75) is 38.1 Å². The molecule has 1 amide bonds. The van der Waals surface area contributed by atoms with Crippen LogP contribution in [0.1, 0.15) is 40.0 Å². The predicted octanol–water partition coefficient (Wildman–Crippen LogP) is 3.90. The standard InChI is InChI=1S/C27H24ClN7O2/c28-21-9-10-25(35-17-31-33-34-35)19(14-21)7-4-8-26(36)24(13-18-5-2-1-3-6-18)32-27(37)20-15-23-22(30-16-20)11-12-29-23/h1-3,5-6,9-10,12,14-17,24H,4,7-8,11,13H2,(H,32,37)/t24-/m0/s1. The third kappa shape index (κ3) is 5.95. The van der Waals surface area contributed by atoms with Crippen LogP contribution in [0.4, 0.5) is 5.69 Å². The molecule has 0 spiro atoms. The summed E-state index contributed by atoms with van der Waals surface area (Å²) in [6, 6.07) is 16.2. The molecule has 0 unspecified atom stereocenters. The third-order valence-corrected chi connectivity index (χ3v) is 6.44. The maximum Gasteiger partial charge on any atom is 0.253 e. The van der Waals surface area contributed by atoms with Crippen LogP contribution in [0.2, 0.25) is 5.02 Å². The predicted molar refractivity (Wildman–Crippen MR) is 140 cm³/mol. The van der Waals surface area contributed by atoms with Crippen LogP contribution in [0.3, 0.4) is 0 Å². The Balaban J connectivity index is 1.28. The van der Waals surface area contributed by atoms with Gasteiger partial charge in [0.2, 0.25) is 0 Å². The van der Waals surface area contributed by atoms with Gasteiger partial charge in [-0.1, -0.05) is 41.9 Å². The fourth-order valence-electron chi connectivity index (χ4n) is 4.32. The summed E-state index contributed by atoms with van der Waals surface area (Å²) in [5.74, 6) is -0.391. The van der Waals surface area contributed by atoms with Gasteiger partial charge in [0.25, 0.3) is 5.91 Å². The number of carbonyl (C=O) groups excluding carboxylic acids is 2. The van der Waals surface area contributed by atoms with E-state index in [1.807, 2.05) is 42.5 Å². The molecule has 37 heavy (non-hydrogen) atoms. The van der Waals surface area contributed by atoms with E-state index >= 15 is 0 Å². The Morgan fingerprint density at radius 2 is 1.97 bits per heavy atom. The van der Waals surface area contributed by atoms with E-state index in [9.17, 15) is 9.59 Å². The lowest BCUT2D eigenvalue weighted by atomic mass is 9.97. The average molecular weight is 514 g/mol. The van der Waals surface area contributed by atoms with Crippen molar-refractivity contribution in [3.05, 3.63) is 94.5 Å². The Hall–Kier alpha value is -4.24. The van der Waals surface area contributed by atoms with Gasteiger partial charge in [-0.05, 0) is 65.1 Å². The number of Topliss-reactive ketones (excluding diaryl/α,β-unsaturated/α-hetero) is 1. The van der Waals surface area contributed by atoms with Gasteiger partial charge in [0.15, 0.2) is 5.78 Å². The number of benzene rings is 2. The zero-order valence-corrected chi connectivity index (χ0v) is 20.7. The molecule has 1 N–H and O–H groups in total. The van der Waals surface area contributed by atoms with Gasteiger partial charge in [0, 0.05) is 30.3 Å². The minimum absolute atomic E-state index is 0.0460. The summed E-state index contributed by atoms with van der Waals surface area (Å²) in [5.41, 5.74) is 4.63. The number of aromatic nitrogens is 5. The van der Waals surface area contributed by atoms with Gasteiger partial charge < -0.3 is 5.32 Å². The fraction of sp³-hybridized carbons (Fsp3) is 0.222. The highest BCUT2D eigenvalue weighted by atomic mass is 35.5. The second-order valence-electron chi connectivity index (χ2n) is 8.77. The molecule has 1 aliphatic heterocycles. The van der Waals surface area contributed by atoms with Crippen LogP contribution in [-0.2, 0) is 24.1 Å². The molecule has 2 aromatic heterocycles. The Bertz CT molecular complexity index is 1440. The van der Waals surface area contributed by atoms with E-state index in [-0.39, 0.29) is 18.1 Å². The van der Waals surface area contributed by atoms with Crippen molar-refractivity contribution < 1.29 is 9.59 Å². The summed E-state index contributed by atoms with van der Waals surface area (Å²) in [7, 11) is 0. The van der Waals surface area contributed by atoms with Crippen LogP contribution in [0.25, 0.3) is 5.69 Å². The number of aliphatic imine (C=N–C) groups is 1. The second-order valence-corrected chi connectivity index (χ2v) is 9.21. The van der Waals surface area contributed by atoms with Crippen molar-refractivity contribution in [2.24, 2.45) is 4.99 Å². The van der Waals surface area contributed by atoms with Crippen LogP contribution in [-0.4, -0.2) is 49.1 Å². The Labute approximate surface area is 218 Å². The molecular weight excluding hydrogens is 490 g/mol. The molecule has 9 nitrogen and oxygen atoms in total. The highest BCUT2D eigenvalue weighted by Gasteiger charge is 2.23. The molecule has 186 valence electrons. The molecule has 2 aromatic carbocycles. The minimum atomic E-state index is -0.676. The molecule has 0 saturated carbocycles. The Morgan fingerprint density at radius 3 is 2.78 bits per heavy atom. The average Bonchev–Trinajstić information content (AvgIpc) is 3.61. The Morgan fingerprint density at radius 1 is 1.11 bits per heavy atom. The maximum absolute atomic E-state index is 13.4. The highest BCUT2D eigenvalue weighted by molar-refractivity contribution is 6.30. The maximum atomic E-state index is 13.4. The lowest BCUT2D eigenvalue weighted by molar-refractivity contribution is -0.121. The number of nitrogens with one attached hydrogen (secondary N) is 1. The van der Waals surface area contributed by atoms with E-state index in [1.165, 1.54) is 12.5 Å². The summed E-state index contributed by atoms with van der Waals surface area (Å²) in [6.07, 6.45) is 7.33.